The topological polar surface area (TPSA) is 90.9 Å². The van der Waals surface area contributed by atoms with Crippen LogP contribution in [0, 0.1) is 20.8 Å². The molecule has 28 heavy (non-hydrogen) atoms. The molecule has 0 unspecified atom stereocenters. The van der Waals surface area contributed by atoms with Crippen LogP contribution in [0.3, 0.4) is 0 Å². The van der Waals surface area contributed by atoms with Crippen molar-refractivity contribution in [2.45, 2.75) is 27.7 Å². The summed E-state index contributed by atoms with van der Waals surface area (Å²) in [7, 11) is 1.45. The molecule has 2 aromatic rings. The van der Waals surface area contributed by atoms with E-state index in [1.165, 1.54) is 18.4 Å². The molecule has 0 radical (unpaired) electrons. The fraction of sp³-hybridized carbons (Fsp3) is 0.350. The summed E-state index contributed by atoms with van der Waals surface area (Å²) in [6.07, 6.45) is 0. The zero-order chi connectivity index (χ0) is 20.8. The minimum Gasteiger partial charge on any atom is -0.496 e. The van der Waals surface area contributed by atoms with E-state index in [4.69, 9.17) is 14.2 Å². The second-order valence-corrected chi connectivity index (χ2v) is 7.26. The Morgan fingerprint density at radius 3 is 2.43 bits per heavy atom. The highest BCUT2D eigenvalue weighted by Crippen LogP contribution is 2.33. The maximum Gasteiger partial charge on any atom is 0.342 e. The largest absolute Gasteiger partial charge is 0.496 e. The molecule has 1 amide bonds. The van der Waals surface area contributed by atoms with Gasteiger partial charge in [0.05, 0.1) is 19.3 Å². The molecular weight excluding hydrogens is 382 g/mol. The van der Waals surface area contributed by atoms with E-state index in [0.717, 1.165) is 16.0 Å². The molecule has 1 N–H and O–H groups in total. The molecule has 0 fully saturated rings. The number of anilines is 1. The second-order valence-electron chi connectivity index (χ2n) is 6.04. The smallest absolute Gasteiger partial charge is 0.342 e. The Kier molecular flexibility index (Phi) is 7.17. The predicted molar refractivity (Wildman–Crippen MR) is 106 cm³/mol. The van der Waals surface area contributed by atoms with Crippen molar-refractivity contribution in [1.82, 2.24) is 0 Å². The van der Waals surface area contributed by atoms with Gasteiger partial charge in [-0.25, -0.2) is 9.59 Å². The predicted octanol–water partition coefficient (Wildman–Crippen LogP) is 3.65. The Labute approximate surface area is 167 Å². The number of carbonyl (C=O) groups is 3. The van der Waals surface area contributed by atoms with Crippen molar-refractivity contribution in [3.63, 3.8) is 0 Å². The average molecular weight is 405 g/mol. The Bertz CT molecular complexity index is 902. The van der Waals surface area contributed by atoms with Gasteiger partial charge in [0.25, 0.3) is 5.91 Å². The summed E-state index contributed by atoms with van der Waals surface area (Å²) in [5.41, 5.74) is 2.18. The van der Waals surface area contributed by atoms with Gasteiger partial charge in [-0.1, -0.05) is 11.6 Å². The number of amides is 1. The highest BCUT2D eigenvalue weighted by Gasteiger charge is 2.23. The SMILES string of the molecule is CCOC(=O)c1c(NC(=O)COC(=O)c2cc(C)ccc2OC)sc(C)c1C. The van der Waals surface area contributed by atoms with Crippen molar-refractivity contribution < 1.29 is 28.6 Å². The lowest BCUT2D eigenvalue weighted by molar-refractivity contribution is -0.119. The van der Waals surface area contributed by atoms with Crippen LogP contribution in [0.4, 0.5) is 5.00 Å². The fourth-order valence-corrected chi connectivity index (χ4v) is 3.58. The van der Waals surface area contributed by atoms with Gasteiger partial charge in [0.1, 0.15) is 16.3 Å². The van der Waals surface area contributed by atoms with Gasteiger partial charge in [0.15, 0.2) is 6.61 Å². The molecule has 0 saturated carbocycles. The van der Waals surface area contributed by atoms with Crippen LogP contribution in [0.15, 0.2) is 18.2 Å². The Balaban J connectivity index is 2.08. The van der Waals surface area contributed by atoms with Crippen LogP contribution in [0.1, 0.15) is 43.6 Å². The molecule has 150 valence electrons. The van der Waals surface area contributed by atoms with Crippen molar-refractivity contribution in [3.8, 4) is 5.75 Å². The van der Waals surface area contributed by atoms with Crippen LogP contribution in [0.2, 0.25) is 0 Å². The highest BCUT2D eigenvalue weighted by molar-refractivity contribution is 7.16. The van der Waals surface area contributed by atoms with Crippen LogP contribution in [0.5, 0.6) is 5.75 Å². The number of nitrogens with one attached hydrogen (secondary N) is 1. The third-order valence-corrected chi connectivity index (χ3v) is 5.15. The van der Waals surface area contributed by atoms with Crippen molar-refractivity contribution in [2.75, 3.05) is 25.6 Å². The first-order valence-corrected chi connectivity index (χ1v) is 9.48. The number of hydrogen-bond acceptors (Lipinski definition) is 7. The van der Waals surface area contributed by atoms with Gasteiger partial charge in [-0.05, 0) is 45.4 Å². The van der Waals surface area contributed by atoms with Crippen molar-refractivity contribution in [2.24, 2.45) is 0 Å². The van der Waals surface area contributed by atoms with E-state index in [2.05, 4.69) is 5.32 Å². The number of aryl methyl sites for hydroxylation is 2. The number of hydrogen-bond donors (Lipinski definition) is 1. The molecule has 0 bridgehead atoms. The second kappa shape index (κ2) is 9.36. The summed E-state index contributed by atoms with van der Waals surface area (Å²) in [6, 6.07) is 5.10. The van der Waals surface area contributed by atoms with Crippen LogP contribution in [0.25, 0.3) is 0 Å². The molecule has 8 heteroatoms. The van der Waals surface area contributed by atoms with Gasteiger partial charge in [-0.3, -0.25) is 4.79 Å². The molecule has 1 heterocycles. The summed E-state index contributed by atoms with van der Waals surface area (Å²) in [5, 5.41) is 3.01. The van der Waals surface area contributed by atoms with Crippen LogP contribution >= 0.6 is 11.3 Å². The van der Waals surface area contributed by atoms with Gasteiger partial charge in [-0.15, -0.1) is 11.3 Å². The molecule has 0 saturated heterocycles. The van der Waals surface area contributed by atoms with Gasteiger partial charge >= 0.3 is 11.9 Å². The lowest BCUT2D eigenvalue weighted by Gasteiger charge is -2.10. The van der Waals surface area contributed by atoms with E-state index < -0.39 is 24.5 Å². The summed E-state index contributed by atoms with van der Waals surface area (Å²) < 4.78 is 15.3. The lowest BCUT2D eigenvalue weighted by Crippen LogP contribution is -2.22. The standard InChI is InChI=1S/C20H23NO6S/c1-6-26-20(24)17-12(3)13(4)28-18(17)21-16(22)10-27-19(23)14-9-11(2)7-8-15(14)25-5/h7-9H,6,10H2,1-5H3,(H,21,22). The maximum absolute atomic E-state index is 12.3. The fourth-order valence-electron chi connectivity index (χ4n) is 2.52. The molecule has 1 aromatic heterocycles. The Hall–Kier alpha value is -2.87. The van der Waals surface area contributed by atoms with Crippen LogP contribution in [-0.2, 0) is 14.3 Å². The first-order valence-electron chi connectivity index (χ1n) is 8.67. The number of ether oxygens (including phenoxy) is 3. The number of methoxy groups -OCH3 is 1. The van der Waals surface area contributed by atoms with Gasteiger partial charge < -0.3 is 19.5 Å². The summed E-state index contributed by atoms with van der Waals surface area (Å²) in [4.78, 5) is 37.6. The number of thiophene rings is 1. The summed E-state index contributed by atoms with van der Waals surface area (Å²) >= 11 is 1.27. The van der Waals surface area contributed by atoms with Crippen LogP contribution in [-0.4, -0.2) is 38.2 Å². The number of carbonyl (C=O) groups excluding carboxylic acids is 3. The summed E-state index contributed by atoms with van der Waals surface area (Å²) in [6.45, 7) is 6.93. The van der Waals surface area contributed by atoms with E-state index in [9.17, 15) is 14.4 Å². The van der Waals surface area contributed by atoms with E-state index in [1.807, 2.05) is 13.8 Å². The molecule has 7 nitrogen and oxygen atoms in total. The normalized spacial score (nSPS) is 10.3. The van der Waals surface area contributed by atoms with E-state index in [-0.39, 0.29) is 12.2 Å². The van der Waals surface area contributed by atoms with Gasteiger partial charge in [0.2, 0.25) is 0 Å². The first-order chi connectivity index (χ1) is 13.3. The van der Waals surface area contributed by atoms with E-state index in [1.54, 1.807) is 32.0 Å². The lowest BCUT2D eigenvalue weighted by atomic mass is 10.1. The zero-order valence-corrected chi connectivity index (χ0v) is 17.3. The molecule has 0 aliphatic rings. The summed E-state index contributed by atoms with van der Waals surface area (Å²) in [5.74, 6) is -1.35. The molecule has 0 atom stereocenters. The minimum atomic E-state index is -0.667. The number of benzene rings is 1. The molecule has 0 aliphatic carbocycles. The van der Waals surface area contributed by atoms with Crippen molar-refractivity contribution in [3.05, 3.63) is 45.3 Å². The molecule has 1 aromatic carbocycles. The minimum absolute atomic E-state index is 0.233. The van der Waals surface area contributed by atoms with Gasteiger partial charge in [0, 0.05) is 4.88 Å². The number of rotatable bonds is 7. The first kappa shape index (κ1) is 21.4. The quantitative estimate of drug-likeness (QED) is 0.707. The van der Waals surface area contributed by atoms with Gasteiger partial charge in [-0.2, -0.15) is 0 Å². The third kappa shape index (κ3) is 4.89. The maximum atomic E-state index is 12.3. The monoisotopic (exact) mass is 405 g/mol. The van der Waals surface area contributed by atoms with Crippen LogP contribution < -0.4 is 10.1 Å². The Morgan fingerprint density at radius 1 is 1.07 bits per heavy atom. The van der Waals surface area contributed by atoms with E-state index >= 15 is 0 Å². The van der Waals surface area contributed by atoms with Crippen molar-refractivity contribution >= 4 is 34.2 Å². The molecule has 0 aliphatic heterocycles. The average Bonchev–Trinajstić information content (AvgIpc) is 2.93. The Morgan fingerprint density at radius 2 is 1.79 bits per heavy atom. The molecule has 0 spiro atoms. The third-order valence-electron chi connectivity index (χ3n) is 4.03. The highest BCUT2D eigenvalue weighted by atomic mass is 32.1. The molecule has 2 rings (SSSR count). The molecular formula is C20H23NO6S. The van der Waals surface area contributed by atoms with E-state index in [0.29, 0.717) is 16.3 Å². The zero-order valence-electron chi connectivity index (χ0n) is 16.5. The van der Waals surface area contributed by atoms with Crippen molar-refractivity contribution in [1.29, 1.82) is 0 Å². The number of esters is 2.